The Morgan fingerprint density at radius 2 is 2.17 bits per heavy atom. The lowest BCUT2D eigenvalue weighted by Crippen LogP contribution is -2.51. The fourth-order valence-corrected chi connectivity index (χ4v) is 3.57. The van der Waals surface area contributed by atoms with Crippen LogP contribution in [0.25, 0.3) is 0 Å². The van der Waals surface area contributed by atoms with Crippen LogP contribution in [0.4, 0.5) is 0 Å². The summed E-state index contributed by atoms with van der Waals surface area (Å²) in [5.74, 6) is 0.921. The van der Waals surface area contributed by atoms with Gasteiger partial charge >= 0.3 is 0 Å². The van der Waals surface area contributed by atoms with Gasteiger partial charge < -0.3 is 14.3 Å². The quantitative estimate of drug-likeness (QED) is 0.795. The molecule has 4 rings (SSSR count). The smallest absolute Gasteiger partial charge is 0.241 e. The third kappa shape index (κ3) is 3.45. The third-order valence-electron chi connectivity index (χ3n) is 5.02. The average Bonchev–Trinajstić information content (AvgIpc) is 2.85. The van der Waals surface area contributed by atoms with Crippen molar-refractivity contribution in [1.29, 1.82) is 0 Å². The molecule has 4 heterocycles. The Labute approximate surface area is 142 Å². The minimum atomic E-state index is -0.0229. The second-order valence-corrected chi connectivity index (χ2v) is 7.01. The first-order valence-corrected chi connectivity index (χ1v) is 8.65. The van der Waals surface area contributed by atoms with Gasteiger partial charge in [-0.05, 0) is 19.3 Å². The second-order valence-electron chi connectivity index (χ2n) is 7.01. The zero-order chi connectivity index (χ0) is 17.3. The van der Waals surface area contributed by atoms with Gasteiger partial charge in [0.05, 0.1) is 18.2 Å². The van der Waals surface area contributed by atoms with E-state index < -0.39 is 0 Å². The number of fused-ring (bicyclic) bond motifs is 4. The number of hydrogen-bond donors (Lipinski definition) is 0. The van der Waals surface area contributed by atoms with E-state index in [0.717, 1.165) is 43.8 Å². The topological polar surface area (TPSA) is 69.9 Å². The van der Waals surface area contributed by atoms with Crippen molar-refractivity contribution in [3.05, 3.63) is 17.5 Å². The Kier molecular flexibility index (Phi) is 4.89. The van der Waals surface area contributed by atoms with E-state index in [1.54, 1.807) is 23.9 Å². The number of nitrogens with zero attached hydrogens (tertiary/aromatic N) is 4. The summed E-state index contributed by atoms with van der Waals surface area (Å²) in [6, 6.07) is 2.09. The number of aromatic nitrogens is 1. The van der Waals surface area contributed by atoms with E-state index in [4.69, 9.17) is 4.52 Å². The van der Waals surface area contributed by atoms with Gasteiger partial charge in [0.25, 0.3) is 0 Å². The number of carbonyl (C=O) groups excluding carboxylic acids is 2. The average molecular weight is 334 g/mol. The predicted molar refractivity (Wildman–Crippen MR) is 88.1 cm³/mol. The first-order chi connectivity index (χ1) is 11.5. The first-order valence-electron chi connectivity index (χ1n) is 8.65. The molecule has 1 aromatic heterocycles. The highest BCUT2D eigenvalue weighted by Gasteiger charge is 2.41. The Morgan fingerprint density at radius 1 is 1.38 bits per heavy atom. The summed E-state index contributed by atoms with van der Waals surface area (Å²) >= 11 is 0. The summed E-state index contributed by atoms with van der Waals surface area (Å²) < 4.78 is 5.39. The van der Waals surface area contributed by atoms with Gasteiger partial charge in [0.2, 0.25) is 11.8 Å². The molecule has 3 aliphatic heterocycles. The van der Waals surface area contributed by atoms with Crippen molar-refractivity contribution >= 4 is 11.8 Å². The first kappa shape index (κ1) is 17.0. The number of likely N-dealkylation sites (N-methyl/N-ethyl adjacent to an activating group) is 1. The normalized spacial score (nSPS) is 24.3. The van der Waals surface area contributed by atoms with E-state index in [0.29, 0.717) is 6.54 Å². The molecule has 2 amide bonds. The molecule has 1 aromatic rings. The molecule has 3 fully saturated rings. The van der Waals surface area contributed by atoms with E-state index in [-0.39, 0.29) is 30.3 Å². The highest BCUT2D eigenvalue weighted by Crippen LogP contribution is 2.29. The van der Waals surface area contributed by atoms with Crippen molar-refractivity contribution in [3.8, 4) is 0 Å². The van der Waals surface area contributed by atoms with Gasteiger partial charge in [0, 0.05) is 39.3 Å². The van der Waals surface area contributed by atoms with Gasteiger partial charge in [-0.2, -0.15) is 0 Å². The highest BCUT2D eigenvalue weighted by atomic mass is 16.5. The van der Waals surface area contributed by atoms with Crippen LogP contribution in [0.5, 0.6) is 0 Å². The maximum Gasteiger partial charge on any atom is 0.241 e. The van der Waals surface area contributed by atoms with Gasteiger partial charge in [-0.1, -0.05) is 12.1 Å². The molecule has 2 bridgehead atoms. The zero-order valence-corrected chi connectivity index (χ0v) is 14.7. The molecule has 0 spiro atoms. The van der Waals surface area contributed by atoms with Crippen molar-refractivity contribution in [2.75, 3.05) is 33.7 Å². The number of piperidine rings is 1. The minimum Gasteiger partial charge on any atom is -0.360 e. The number of carbonyl (C=O) groups is 2. The van der Waals surface area contributed by atoms with Crippen LogP contribution in [0.3, 0.4) is 0 Å². The van der Waals surface area contributed by atoms with Crippen molar-refractivity contribution < 1.29 is 14.1 Å². The molecule has 24 heavy (non-hydrogen) atoms. The Morgan fingerprint density at radius 3 is 2.83 bits per heavy atom. The Hall–Kier alpha value is -1.89. The fourth-order valence-electron chi connectivity index (χ4n) is 3.57. The van der Waals surface area contributed by atoms with Crippen LogP contribution in [0.15, 0.2) is 10.6 Å². The van der Waals surface area contributed by atoms with Crippen LogP contribution in [0.1, 0.15) is 31.2 Å². The summed E-state index contributed by atoms with van der Waals surface area (Å²) in [6.07, 6.45) is 2.72. The molecule has 2 atom stereocenters. The molecule has 0 unspecified atom stereocenters. The molecule has 0 aliphatic carbocycles. The van der Waals surface area contributed by atoms with Gasteiger partial charge in [-0.3, -0.25) is 14.5 Å². The van der Waals surface area contributed by atoms with Crippen LogP contribution in [-0.4, -0.2) is 71.4 Å². The molecule has 7 heteroatoms. The molecule has 3 aliphatic rings. The van der Waals surface area contributed by atoms with E-state index >= 15 is 0 Å². The molecule has 7 nitrogen and oxygen atoms in total. The molecule has 132 valence electrons. The van der Waals surface area contributed by atoms with E-state index in [1.807, 2.05) is 13.0 Å². The van der Waals surface area contributed by atoms with Crippen LogP contribution >= 0.6 is 0 Å². The van der Waals surface area contributed by atoms with Crippen LogP contribution in [0, 0.1) is 5.92 Å². The van der Waals surface area contributed by atoms with Crippen molar-refractivity contribution in [1.82, 2.24) is 19.9 Å². The van der Waals surface area contributed by atoms with Crippen LogP contribution in [0.2, 0.25) is 0 Å². The van der Waals surface area contributed by atoms with Crippen LogP contribution < -0.4 is 0 Å². The Balaban J connectivity index is 1.69. The Bertz CT molecular complexity index is 613. The summed E-state index contributed by atoms with van der Waals surface area (Å²) in [6.45, 7) is 4.41. The fraction of sp³-hybridized carbons (Fsp3) is 0.706. The summed E-state index contributed by atoms with van der Waals surface area (Å²) in [5, 5.41) is 4.04. The van der Waals surface area contributed by atoms with Crippen molar-refractivity contribution in [2.24, 2.45) is 5.92 Å². The predicted octanol–water partition coefficient (Wildman–Crippen LogP) is 0.748. The SMILES string of the molecule is CCc1cc(CN2C[C@H]3CC[C@@H](C2)N(CC(=O)N(C)C)C3=O)on1. The molecule has 0 radical (unpaired) electrons. The number of amides is 2. The summed E-state index contributed by atoms with van der Waals surface area (Å²) in [4.78, 5) is 30.4. The second kappa shape index (κ2) is 6.93. The monoisotopic (exact) mass is 334 g/mol. The molecular weight excluding hydrogens is 308 g/mol. The molecule has 3 saturated heterocycles. The minimum absolute atomic E-state index is 0.0210. The maximum absolute atomic E-state index is 12.7. The van der Waals surface area contributed by atoms with Gasteiger partial charge in [0.1, 0.15) is 6.54 Å². The molecule has 0 aromatic carbocycles. The molecule has 0 N–H and O–H groups in total. The zero-order valence-electron chi connectivity index (χ0n) is 14.7. The van der Waals surface area contributed by atoms with Crippen molar-refractivity contribution in [2.45, 2.75) is 38.8 Å². The lowest BCUT2D eigenvalue weighted by atomic mass is 9.94. The van der Waals surface area contributed by atoms with Gasteiger partial charge in [-0.15, -0.1) is 0 Å². The molecular formula is C17H26N4O3. The van der Waals surface area contributed by atoms with Crippen molar-refractivity contribution in [3.63, 3.8) is 0 Å². The largest absolute Gasteiger partial charge is 0.360 e. The van der Waals surface area contributed by atoms with E-state index in [9.17, 15) is 9.59 Å². The number of aryl methyl sites for hydroxylation is 1. The van der Waals surface area contributed by atoms with E-state index in [1.165, 1.54) is 0 Å². The van der Waals surface area contributed by atoms with Crippen LogP contribution in [-0.2, 0) is 22.6 Å². The maximum atomic E-state index is 12.7. The van der Waals surface area contributed by atoms with Gasteiger partial charge in [-0.25, -0.2) is 0 Å². The highest BCUT2D eigenvalue weighted by molar-refractivity contribution is 5.86. The summed E-state index contributed by atoms with van der Waals surface area (Å²) in [7, 11) is 3.45. The number of rotatable bonds is 5. The van der Waals surface area contributed by atoms with Gasteiger partial charge in [0.15, 0.2) is 5.76 Å². The lowest BCUT2D eigenvalue weighted by Gasteiger charge is -2.36. The lowest BCUT2D eigenvalue weighted by molar-refractivity contribution is -0.145. The number of hydrogen-bond acceptors (Lipinski definition) is 5. The third-order valence-corrected chi connectivity index (χ3v) is 5.02. The molecule has 0 saturated carbocycles. The standard InChI is InChI=1S/C17H26N4O3/c1-4-13-7-15(24-18-13)10-20-8-12-5-6-14(9-20)21(17(12)23)11-16(22)19(2)3/h7,12,14H,4-6,8-11H2,1-3H3/t12-,14+/m1/s1. The summed E-state index contributed by atoms with van der Waals surface area (Å²) in [5.41, 5.74) is 0.956. The van der Waals surface area contributed by atoms with E-state index in [2.05, 4.69) is 10.1 Å².